The highest BCUT2D eigenvalue weighted by Crippen LogP contribution is 2.21. The Morgan fingerprint density at radius 1 is 0.944 bits per heavy atom. The van der Waals surface area contributed by atoms with E-state index in [0.717, 1.165) is 6.07 Å². The molecule has 0 atom stereocenters. The summed E-state index contributed by atoms with van der Waals surface area (Å²) in [5.74, 6) is -1.75. The molecule has 18 heavy (non-hydrogen) atoms. The van der Waals surface area contributed by atoms with Crippen LogP contribution in [0.4, 0.5) is 8.78 Å². The smallest absolute Gasteiger partial charge is 0.196 e. The molecule has 2 aromatic carbocycles. The van der Waals surface area contributed by atoms with E-state index in [9.17, 15) is 13.6 Å². The highest BCUT2D eigenvalue weighted by molar-refractivity contribution is 9.10. The highest BCUT2D eigenvalue weighted by atomic mass is 79.9. The van der Waals surface area contributed by atoms with Crippen LogP contribution in [-0.4, -0.2) is 5.78 Å². The number of carbonyl (C=O) groups excluding carboxylic acids is 1. The third kappa shape index (κ3) is 2.67. The fourth-order valence-corrected chi connectivity index (χ4v) is 2.07. The van der Waals surface area contributed by atoms with Crippen LogP contribution in [0.1, 0.15) is 15.9 Å². The van der Waals surface area contributed by atoms with Gasteiger partial charge in [0.05, 0.1) is 10.0 Å². The summed E-state index contributed by atoms with van der Waals surface area (Å²) in [7, 11) is 0. The molecule has 1 nitrogen and oxygen atoms in total. The topological polar surface area (TPSA) is 17.1 Å². The van der Waals surface area contributed by atoms with Gasteiger partial charge in [-0.3, -0.25) is 4.79 Å². The van der Waals surface area contributed by atoms with Crippen LogP contribution in [0.3, 0.4) is 0 Å². The Labute approximate surface area is 119 Å². The van der Waals surface area contributed by atoms with Gasteiger partial charge in [0.2, 0.25) is 0 Å². The van der Waals surface area contributed by atoms with Crippen molar-refractivity contribution in [1.82, 2.24) is 0 Å². The molecule has 0 radical (unpaired) electrons. The molecule has 0 aliphatic rings. The number of hydrogen-bond donors (Lipinski definition) is 0. The normalized spacial score (nSPS) is 10.4. The van der Waals surface area contributed by atoms with E-state index < -0.39 is 17.4 Å². The molecule has 92 valence electrons. The van der Waals surface area contributed by atoms with Gasteiger partial charge in [-0.05, 0) is 52.3 Å². The molecule has 0 amide bonds. The van der Waals surface area contributed by atoms with E-state index in [2.05, 4.69) is 31.9 Å². The average Bonchev–Trinajstić information content (AvgIpc) is 2.35. The molecule has 0 unspecified atom stereocenters. The number of benzene rings is 2. The minimum absolute atomic E-state index is 0.0916. The molecule has 0 saturated heterocycles. The summed E-state index contributed by atoms with van der Waals surface area (Å²) >= 11 is 6.16. The lowest BCUT2D eigenvalue weighted by molar-refractivity contribution is 0.103. The maximum Gasteiger partial charge on any atom is 0.196 e. The zero-order chi connectivity index (χ0) is 13.3. The van der Waals surface area contributed by atoms with Crippen LogP contribution in [0.5, 0.6) is 0 Å². The molecule has 5 heteroatoms. The van der Waals surface area contributed by atoms with Gasteiger partial charge in [-0.2, -0.15) is 0 Å². The Kier molecular flexibility index (Phi) is 3.92. The summed E-state index contributed by atoms with van der Waals surface area (Å²) in [6, 6.07) is 7.99. The van der Waals surface area contributed by atoms with Crippen LogP contribution in [0.2, 0.25) is 0 Å². The maximum atomic E-state index is 13.5. The van der Waals surface area contributed by atoms with E-state index in [1.807, 2.05) is 0 Å². The van der Waals surface area contributed by atoms with Crippen molar-refractivity contribution in [2.24, 2.45) is 0 Å². The van der Waals surface area contributed by atoms with Crippen molar-refractivity contribution >= 4 is 37.6 Å². The van der Waals surface area contributed by atoms with Crippen molar-refractivity contribution in [3.8, 4) is 0 Å². The lowest BCUT2D eigenvalue weighted by Crippen LogP contribution is -2.04. The number of halogens is 4. The molecule has 2 rings (SSSR count). The third-order valence-corrected chi connectivity index (χ3v) is 3.49. The molecule has 0 spiro atoms. The summed E-state index contributed by atoms with van der Waals surface area (Å²) in [6.45, 7) is 0. The standard InChI is InChI=1S/C13H6Br2F2O/c14-8-2-4-11(16)9(6-8)13(18)7-1-3-10(15)12(17)5-7/h1-6H. The average molecular weight is 376 g/mol. The number of carbonyl (C=O) groups is 1. The molecule has 0 bridgehead atoms. The zero-order valence-corrected chi connectivity index (χ0v) is 12.1. The molecule has 2 aromatic rings. The Morgan fingerprint density at radius 3 is 2.33 bits per heavy atom. The van der Waals surface area contributed by atoms with Gasteiger partial charge in [0.15, 0.2) is 5.78 Å². The largest absolute Gasteiger partial charge is 0.288 e. The van der Waals surface area contributed by atoms with Crippen molar-refractivity contribution in [3.05, 3.63) is 68.1 Å². The van der Waals surface area contributed by atoms with Gasteiger partial charge in [-0.25, -0.2) is 8.78 Å². The van der Waals surface area contributed by atoms with E-state index >= 15 is 0 Å². The second kappa shape index (κ2) is 5.28. The molecule has 0 heterocycles. The maximum absolute atomic E-state index is 13.5. The first-order valence-corrected chi connectivity index (χ1v) is 6.52. The first-order chi connectivity index (χ1) is 8.49. The van der Waals surface area contributed by atoms with Crippen molar-refractivity contribution in [3.63, 3.8) is 0 Å². The Hall–Kier alpha value is -1.07. The van der Waals surface area contributed by atoms with Crippen molar-refractivity contribution in [2.45, 2.75) is 0 Å². The summed E-state index contributed by atoms with van der Waals surface area (Å²) in [4.78, 5) is 12.0. The van der Waals surface area contributed by atoms with Crippen LogP contribution in [0.15, 0.2) is 45.3 Å². The quantitative estimate of drug-likeness (QED) is 0.694. The van der Waals surface area contributed by atoms with Gasteiger partial charge in [0.25, 0.3) is 0 Å². The van der Waals surface area contributed by atoms with Gasteiger partial charge in [-0.1, -0.05) is 15.9 Å². The molecular weight excluding hydrogens is 370 g/mol. The highest BCUT2D eigenvalue weighted by Gasteiger charge is 2.15. The Balaban J connectivity index is 2.47. The third-order valence-electron chi connectivity index (χ3n) is 2.35. The van der Waals surface area contributed by atoms with Crippen LogP contribution in [0.25, 0.3) is 0 Å². The monoisotopic (exact) mass is 374 g/mol. The fraction of sp³-hybridized carbons (Fsp3) is 0. The second-order valence-corrected chi connectivity index (χ2v) is 5.35. The van der Waals surface area contributed by atoms with Gasteiger partial charge >= 0.3 is 0 Å². The van der Waals surface area contributed by atoms with Crippen LogP contribution >= 0.6 is 31.9 Å². The molecule has 0 aliphatic heterocycles. The van der Waals surface area contributed by atoms with Gasteiger partial charge in [0.1, 0.15) is 11.6 Å². The van der Waals surface area contributed by atoms with Crippen LogP contribution < -0.4 is 0 Å². The van der Waals surface area contributed by atoms with E-state index in [4.69, 9.17) is 0 Å². The minimum atomic E-state index is -0.633. The number of ketones is 1. The van der Waals surface area contributed by atoms with Crippen molar-refractivity contribution < 1.29 is 13.6 Å². The van der Waals surface area contributed by atoms with Crippen molar-refractivity contribution in [1.29, 1.82) is 0 Å². The van der Waals surface area contributed by atoms with E-state index in [-0.39, 0.29) is 15.6 Å². The fourth-order valence-electron chi connectivity index (χ4n) is 1.46. The first kappa shape index (κ1) is 13.4. The van der Waals surface area contributed by atoms with Gasteiger partial charge in [0, 0.05) is 10.0 Å². The van der Waals surface area contributed by atoms with E-state index in [1.54, 1.807) is 0 Å². The molecular formula is C13H6Br2F2O. The predicted molar refractivity (Wildman–Crippen MR) is 71.6 cm³/mol. The summed E-state index contributed by atoms with van der Waals surface area (Å²) in [6.07, 6.45) is 0. The van der Waals surface area contributed by atoms with E-state index in [1.165, 1.54) is 30.3 Å². The molecule has 0 aromatic heterocycles. The first-order valence-electron chi connectivity index (χ1n) is 4.94. The Bertz CT molecular complexity index is 626. The van der Waals surface area contributed by atoms with Crippen molar-refractivity contribution in [2.75, 3.05) is 0 Å². The van der Waals surface area contributed by atoms with Gasteiger partial charge in [-0.15, -0.1) is 0 Å². The van der Waals surface area contributed by atoms with Gasteiger partial charge < -0.3 is 0 Å². The molecule has 0 N–H and O–H groups in total. The predicted octanol–water partition coefficient (Wildman–Crippen LogP) is 4.72. The number of hydrogen-bond acceptors (Lipinski definition) is 1. The van der Waals surface area contributed by atoms with Crippen LogP contribution in [0, 0.1) is 11.6 Å². The lowest BCUT2D eigenvalue weighted by Gasteiger charge is -2.04. The molecule has 0 saturated carbocycles. The second-order valence-electron chi connectivity index (χ2n) is 3.58. The number of rotatable bonds is 2. The molecule has 0 fully saturated rings. The van der Waals surface area contributed by atoms with E-state index in [0.29, 0.717) is 4.47 Å². The van der Waals surface area contributed by atoms with Crippen LogP contribution in [-0.2, 0) is 0 Å². The lowest BCUT2D eigenvalue weighted by atomic mass is 10.0. The SMILES string of the molecule is O=C(c1ccc(Br)c(F)c1)c1cc(Br)ccc1F. The molecule has 0 aliphatic carbocycles. The summed E-state index contributed by atoms with van der Waals surface area (Å²) in [5, 5.41) is 0. The zero-order valence-electron chi connectivity index (χ0n) is 8.88. The minimum Gasteiger partial charge on any atom is -0.288 e. The summed E-state index contributed by atoms with van der Waals surface area (Å²) in [5.41, 5.74) is 0.0128. The Morgan fingerprint density at radius 2 is 1.67 bits per heavy atom. The summed E-state index contributed by atoms with van der Waals surface area (Å²) < 4.78 is 27.7.